The van der Waals surface area contributed by atoms with Gasteiger partial charge in [-0.15, -0.1) is 0 Å². The van der Waals surface area contributed by atoms with E-state index in [1.807, 2.05) is 6.92 Å². The number of nitrogens with one attached hydrogen (secondary N) is 1. The minimum absolute atomic E-state index is 0.00179. The van der Waals surface area contributed by atoms with Gasteiger partial charge in [-0.3, -0.25) is 4.79 Å². The molecular formula is C14H16Cl2N2O. The van der Waals surface area contributed by atoms with Crippen LogP contribution in [0, 0.1) is 5.92 Å². The summed E-state index contributed by atoms with van der Waals surface area (Å²) in [5.74, 6) is 0.110. The lowest BCUT2D eigenvalue weighted by Gasteiger charge is -2.08. The smallest absolute Gasteiger partial charge is 0.243 e. The molecule has 19 heavy (non-hydrogen) atoms. The maximum atomic E-state index is 11.8. The topological polar surface area (TPSA) is 41.5 Å². The molecule has 0 radical (unpaired) electrons. The number of carbonyl (C=O) groups excluding carboxylic acids is 1. The minimum atomic E-state index is 0.00179. The Morgan fingerprint density at radius 1 is 1.32 bits per heavy atom. The van der Waals surface area contributed by atoms with Crippen LogP contribution in [-0.2, 0) is 4.79 Å². The molecule has 0 aromatic heterocycles. The highest BCUT2D eigenvalue weighted by Gasteiger charge is 2.22. The Morgan fingerprint density at radius 3 is 2.63 bits per heavy atom. The molecule has 0 bridgehead atoms. The van der Waals surface area contributed by atoms with Crippen molar-refractivity contribution in [3.63, 3.8) is 0 Å². The number of hydrazone groups is 1. The van der Waals surface area contributed by atoms with E-state index in [1.165, 1.54) is 0 Å². The Labute approximate surface area is 123 Å². The highest BCUT2D eigenvalue weighted by molar-refractivity contribution is 6.37. The lowest BCUT2D eigenvalue weighted by atomic mass is 10.1. The average molecular weight is 299 g/mol. The van der Waals surface area contributed by atoms with Crippen molar-refractivity contribution in [2.45, 2.75) is 32.6 Å². The molecule has 5 heteroatoms. The van der Waals surface area contributed by atoms with Crippen LogP contribution in [0.5, 0.6) is 0 Å². The average Bonchev–Trinajstić information content (AvgIpc) is 2.89. The second-order valence-corrected chi connectivity index (χ2v) is 5.62. The predicted octanol–water partition coefficient (Wildman–Crippen LogP) is 4.02. The largest absolute Gasteiger partial charge is 0.273 e. The Bertz CT molecular complexity index is 508. The molecular weight excluding hydrogens is 283 g/mol. The summed E-state index contributed by atoms with van der Waals surface area (Å²) in [5, 5.41) is 5.23. The van der Waals surface area contributed by atoms with Gasteiger partial charge in [0.1, 0.15) is 0 Å². The molecule has 1 N–H and O–H groups in total. The number of rotatable bonds is 3. The lowest BCUT2D eigenvalue weighted by Crippen LogP contribution is -2.25. The fraction of sp³-hybridized carbons (Fsp3) is 0.429. The lowest BCUT2D eigenvalue weighted by molar-refractivity contribution is -0.124. The fourth-order valence-electron chi connectivity index (χ4n) is 2.26. The van der Waals surface area contributed by atoms with E-state index in [9.17, 15) is 4.79 Å². The normalized spacial score (nSPS) is 16.7. The van der Waals surface area contributed by atoms with Crippen molar-refractivity contribution in [3.8, 4) is 0 Å². The van der Waals surface area contributed by atoms with Gasteiger partial charge >= 0.3 is 0 Å². The van der Waals surface area contributed by atoms with Crippen molar-refractivity contribution in [2.75, 3.05) is 0 Å². The van der Waals surface area contributed by atoms with Gasteiger partial charge in [-0.05, 0) is 31.9 Å². The van der Waals surface area contributed by atoms with Crippen molar-refractivity contribution in [2.24, 2.45) is 11.0 Å². The van der Waals surface area contributed by atoms with Crippen LogP contribution in [-0.4, -0.2) is 11.6 Å². The molecule has 1 fully saturated rings. The van der Waals surface area contributed by atoms with Crippen molar-refractivity contribution >= 4 is 34.8 Å². The van der Waals surface area contributed by atoms with E-state index in [0.717, 1.165) is 31.2 Å². The van der Waals surface area contributed by atoms with Gasteiger partial charge in [0, 0.05) is 16.5 Å². The van der Waals surface area contributed by atoms with E-state index in [4.69, 9.17) is 23.2 Å². The summed E-state index contributed by atoms with van der Waals surface area (Å²) in [6.07, 6.45) is 4.18. The molecule has 1 amide bonds. The van der Waals surface area contributed by atoms with Gasteiger partial charge in [-0.25, -0.2) is 5.43 Å². The highest BCUT2D eigenvalue weighted by atomic mass is 35.5. The minimum Gasteiger partial charge on any atom is -0.273 e. The predicted molar refractivity (Wildman–Crippen MR) is 78.8 cm³/mol. The fourth-order valence-corrected chi connectivity index (χ4v) is 2.81. The van der Waals surface area contributed by atoms with Crippen LogP contribution < -0.4 is 5.43 Å². The van der Waals surface area contributed by atoms with Gasteiger partial charge in [-0.2, -0.15) is 5.10 Å². The highest BCUT2D eigenvalue weighted by Crippen LogP contribution is 2.25. The number of nitrogens with zero attached hydrogens (tertiary/aromatic N) is 1. The molecule has 1 saturated carbocycles. The van der Waals surface area contributed by atoms with E-state index >= 15 is 0 Å². The number of amides is 1. The van der Waals surface area contributed by atoms with Crippen LogP contribution in [0.3, 0.4) is 0 Å². The summed E-state index contributed by atoms with van der Waals surface area (Å²) in [4.78, 5) is 11.8. The molecule has 3 nitrogen and oxygen atoms in total. The van der Waals surface area contributed by atoms with Gasteiger partial charge in [0.2, 0.25) is 5.91 Å². The third-order valence-corrected chi connectivity index (χ3v) is 3.93. The number of hydrogen-bond acceptors (Lipinski definition) is 2. The van der Waals surface area contributed by atoms with Gasteiger partial charge in [-0.1, -0.05) is 42.1 Å². The van der Waals surface area contributed by atoms with E-state index in [0.29, 0.717) is 15.8 Å². The molecule has 0 atom stereocenters. The molecule has 0 saturated heterocycles. The zero-order valence-corrected chi connectivity index (χ0v) is 12.3. The molecule has 0 unspecified atom stereocenters. The van der Waals surface area contributed by atoms with E-state index < -0.39 is 0 Å². The first-order valence-corrected chi connectivity index (χ1v) is 7.13. The van der Waals surface area contributed by atoms with Crippen molar-refractivity contribution in [1.82, 2.24) is 5.43 Å². The number of hydrogen-bond donors (Lipinski definition) is 1. The first-order chi connectivity index (χ1) is 9.08. The zero-order valence-electron chi connectivity index (χ0n) is 10.7. The number of halogens is 2. The van der Waals surface area contributed by atoms with Crippen LogP contribution in [0.2, 0.25) is 10.0 Å². The maximum absolute atomic E-state index is 11.8. The second-order valence-electron chi connectivity index (χ2n) is 4.78. The molecule has 2 rings (SSSR count). The Balaban J connectivity index is 2.04. The molecule has 1 aromatic rings. The second kappa shape index (κ2) is 6.40. The first-order valence-electron chi connectivity index (χ1n) is 6.37. The first kappa shape index (κ1) is 14.4. The molecule has 0 heterocycles. The van der Waals surface area contributed by atoms with Crippen LogP contribution in [0.1, 0.15) is 38.2 Å². The van der Waals surface area contributed by atoms with Crippen molar-refractivity contribution in [1.29, 1.82) is 0 Å². The third-order valence-electron chi connectivity index (χ3n) is 3.38. The number of benzene rings is 1. The molecule has 1 aliphatic carbocycles. The van der Waals surface area contributed by atoms with E-state index in [2.05, 4.69) is 10.5 Å². The number of carbonyl (C=O) groups is 1. The van der Waals surface area contributed by atoms with Gasteiger partial charge in [0.15, 0.2) is 0 Å². The summed E-state index contributed by atoms with van der Waals surface area (Å²) in [7, 11) is 0. The summed E-state index contributed by atoms with van der Waals surface area (Å²) >= 11 is 11.9. The quantitative estimate of drug-likeness (QED) is 0.664. The van der Waals surface area contributed by atoms with Crippen LogP contribution in [0.4, 0.5) is 0 Å². The van der Waals surface area contributed by atoms with Gasteiger partial charge in [0.25, 0.3) is 0 Å². The standard InChI is InChI=1S/C14H16Cl2N2O/c1-9(12-7-6-11(15)8-13(12)16)17-18-14(19)10-4-2-3-5-10/h6-8,10H,2-5H2,1H3,(H,18,19)/b17-9-. The summed E-state index contributed by atoms with van der Waals surface area (Å²) in [6.45, 7) is 1.81. The van der Waals surface area contributed by atoms with Crippen LogP contribution in [0.25, 0.3) is 0 Å². The van der Waals surface area contributed by atoms with Crippen LogP contribution in [0.15, 0.2) is 23.3 Å². The summed E-state index contributed by atoms with van der Waals surface area (Å²) in [6, 6.07) is 5.21. The van der Waals surface area contributed by atoms with Gasteiger partial charge in [0.05, 0.1) is 10.7 Å². The molecule has 102 valence electrons. The zero-order chi connectivity index (χ0) is 13.8. The molecule has 0 aliphatic heterocycles. The molecule has 1 aliphatic rings. The summed E-state index contributed by atoms with van der Waals surface area (Å²) < 4.78 is 0. The van der Waals surface area contributed by atoms with E-state index in [1.54, 1.807) is 18.2 Å². The van der Waals surface area contributed by atoms with E-state index in [-0.39, 0.29) is 11.8 Å². The molecule has 1 aromatic carbocycles. The Morgan fingerprint density at radius 2 is 2.00 bits per heavy atom. The maximum Gasteiger partial charge on any atom is 0.243 e. The Hall–Kier alpha value is -1.06. The Kier molecular flexibility index (Phi) is 4.83. The SMILES string of the molecule is C/C(=N/NC(=O)C1CCCC1)c1ccc(Cl)cc1Cl. The van der Waals surface area contributed by atoms with Gasteiger partial charge < -0.3 is 0 Å². The van der Waals surface area contributed by atoms with Crippen LogP contribution >= 0.6 is 23.2 Å². The monoisotopic (exact) mass is 298 g/mol. The van der Waals surface area contributed by atoms with Crippen molar-refractivity contribution < 1.29 is 4.79 Å². The van der Waals surface area contributed by atoms with Crippen molar-refractivity contribution in [3.05, 3.63) is 33.8 Å². The molecule has 0 spiro atoms. The third kappa shape index (κ3) is 3.71. The summed E-state index contributed by atoms with van der Waals surface area (Å²) in [5.41, 5.74) is 4.07.